The van der Waals surface area contributed by atoms with Gasteiger partial charge in [0.05, 0.1) is 5.41 Å². The van der Waals surface area contributed by atoms with Crippen LogP contribution in [0.15, 0.2) is 12.2 Å². The van der Waals surface area contributed by atoms with Crippen molar-refractivity contribution in [2.45, 2.75) is 45.4 Å². The summed E-state index contributed by atoms with van der Waals surface area (Å²) in [5.41, 5.74) is -0.607. The van der Waals surface area contributed by atoms with Crippen molar-refractivity contribution in [1.29, 1.82) is 0 Å². The largest absolute Gasteiger partial charge is 0.481 e. The van der Waals surface area contributed by atoms with Crippen molar-refractivity contribution in [3.63, 3.8) is 0 Å². The van der Waals surface area contributed by atoms with Crippen LogP contribution in [0.5, 0.6) is 0 Å². The second kappa shape index (κ2) is 5.76. The van der Waals surface area contributed by atoms with Crippen LogP contribution in [0, 0.1) is 11.3 Å². The lowest BCUT2D eigenvalue weighted by atomic mass is 9.76. The number of carbonyl (C=O) groups is 2. The molecule has 19 heavy (non-hydrogen) atoms. The van der Waals surface area contributed by atoms with Gasteiger partial charge in [-0.2, -0.15) is 0 Å². The average molecular weight is 265 g/mol. The summed E-state index contributed by atoms with van der Waals surface area (Å²) >= 11 is 0. The van der Waals surface area contributed by atoms with E-state index in [1.54, 1.807) is 0 Å². The number of allylic oxidation sites excluding steroid dienone is 2. The standard InChI is InChI=1S/C15H23NO3/c1-2-15(14(18)19)7-9-16(10-8-15)13(17)11-12-5-3-4-6-12/h3,5,12H,2,4,6-11H2,1H3,(H,18,19). The highest BCUT2D eigenvalue weighted by Crippen LogP contribution is 2.35. The second-order valence-electron chi connectivity index (χ2n) is 5.79. The van der Waals surface area contributed by atoms with Crippen LogP contribution in [0.1, 0.15) is 45.4 Å². The van der Waals surface area contributed by atoms with Crippen LogP contribution in [-0.2, 0) is 9.59 Å². The topological polar surface area (TPSA) is 57.6 Å². The van der Waals surface area contributed by atoms with Gasteiger partial charge in [-0.1, -0.05) is 19.1 Å². The number of likely N-dealkylation sites (tertiary alicyclic amines) is 1. The lowest BCUT2D eigenvalue weighted by Gasteiger charge is -2.38. The molecule has 4 heteroatoms. The summed E-state index contributed by atoms with van der Waals surface area (Å²) < 4.78 is 0. The first kappa shape index (κ1) is 14.1. The Bertz CT molecular complexity index is 381. The molecule has 1 heterocycles. The van der Waals surface area contributed by atoms with Gasteiger partial charge in [0.1, 0.15) is 0 Å². The summed E-state index contributed by atoms with van der Waals surface area (Å²) in [6.07, 6.45) is 8.84. The number of hydrogen-bond acceptors (Lipinski definition) is 2. The molecule has 106 valence electrons. The molecule has 4 nitrogen and oxygen atoms in total. The molecule has 1 aliphatic heterocycles. The molecular formula is C15H23NO3. The maximum atomic E-state index is 12.2. The molecule has 0 aromatic heterocycles. The molecule has 1 unspecified atom stereocenters. The molecule has 1 fully saturated rings. The van der Waals surface area contributed by atoms with Crippen LogP contribution in [-0.4, -0.2) is 35.0 Å². The maximum Gasteiger partial charge on any atom is 0.309 e. The lowest BCUT2D eigenvalue weighted by molar-refractivity contribution is -0.154. The Morgan fingerprint density at radius 3 is 2.53 bits per heavy atom. The minimum atomic E-state index is -0.708. The van der Waals surface area contributed by atoms with E-state index in [-0.39, 0.29) is 5.91 Å². The van der Waals surface area contributed by atoms with Crippen LogP contribution in [0.2, 0.25) is 0 Å². The summed E-state index contributed by atoms with van der Waals surface area (Å²) in [6, 6.07) is 0. The van der Waals surface area contributed by atoms with Gasteiger partial charge in [0, 0.05) is 19.5 Å². The number of hydrogen-bond donors (Lipinski definition) is 1. The van der Waals surface area contributed by atoms with E-state index in [1.807, 2.05) is 11.8 Å². The fourth-order valence-corrected chi connectivity index (χ4v) is 3.12. The number of piperidine rings is 1. The van der Waals surface area contributed by atoms with E-state index in [2.05, 4.69) is 12.2 Å². The molecule has 2 rings (SSSR count). The molecule has 0 aromatic rings. The van der Waals surface area contributed by atoms with Gasteiger partial charge >= 0.3 is 5.97 Å². The molecule has 0 spiro atoms. The molecule has 0 aromatic carbocycles. The average Bonchev–Trinajstić information content (AvgIpc) is 2.91. The molecule has 1 saturated heterocycles. The zero-order valence-corrected chi connectivity index (χ0v) is 11.6. The predicted molar refractivity (Wildman–Crippen MR) is 72.7 cm³/mol. The van der Waals surface area contributed by atoms with Crippen molar-refractivity contribution >= 4 is 11.9 Å². The highest BCUT2D eigenvalue weighted by molar-refractivity contribution is 5.78. The summed E-state index contributed by atoms with van der Waals surface area (Å²) in [5.74, 6) is -0.128. The van der Waals surface area contributed by atoms with E-state index in [4.69, 9.17) is 0 Å². The summed E-state index contributed by atoms with van der Waals surface area (Å²) in [6.45, 7) is 3.11. The molecule has 1 aliphatic carbocycles. The highest BCUT2D eigenvalue weighted by Gasteiger charge is 2.40. The number of carboxylic acids is 1. The first-order valence-electron chi connectivity index (χ1n) is 7.25. The van der Waals surface area contributed by atoms with Crippen LogP contribution in [0.25, 0.3) is 0 Å². The Morgan fingerprint density at radius 2 is 2.05 bits per heavy atom. The van der Waals surface area contributed by atoms with Gasteiger partial charge in [0.25, 0.3) is 0 Å². The zero-order valence-electron chi connectivity index (χ0n) is 11.6. The third-order valence-corrected chi connectivity index (χ3v) is 4.75. The third-order valence-electron chi connectivity index (χ3n) is 4.75. The quantitative estimate of drug-likeness (QED) is 0.794. The SMILES string of the molecule is CCC1(C(=O)O)CCN(C(=O)CC2C=CCC2)CC1. The van der Waals surface area contributed by atoms with Crippen LogP contribution in [0.4, 0.5) is 0 Å². The summed E-state index contributed by atoms with van der Waals surface area (Å²) in [4.78, 5) is 25.4. The van der Waals surface area contributed by atoms with E-state index in [9.17, 15) is 14.7 Å². The van der Waals surface area contributed by atoms with E-state index in [0.717, 1.165) is 12.8 Å². The molecule has 1 amide bonds. The van der Waals surface area contributed by atoms with E-state index in [0.29, 0.717) is 44.7 Å². The minimum Gasteiger partial charge on any atom is -0.481 e. The van der Waals surface area contributed by atoms with Crippen molar-refractivity contribution in [2.75, 3.05) is 13.1 Å². The third kappa shape index (κ3) is 2.99. The fraction of sp³-hybridized carbons (Fsp3) is 0.733. The van der Waals surface area contributed by atoms with Gasteiger partial charge in [-0.05, 0) is 38.0 Å². The Hall–Kier alpha value is -1.32. The van der Waals surface area contributed by atoms with E-state index < -0.39 is 11.4 Å². The number of aliphatic carboxylic acids is 1. The van der Waals surface area contributed by atoms with Crippen molar-refractivity contribution in [3.05, 3.63) is 12.2 Å². The predicted octanol–water partition coefficient (Wildman–Crippen LogP) is 2.45. The molecule has 0 bridgehead atoms. The van der Waals surface area contributed by atoms with E-state index in [1.165, 1.54) is 0 Å². The molecule has 1 N–H and O–H groups in total. The Balaban J connectivity index is 1.86. The Morgan fingerprint density at radius 1 is 1.37 bits per heavy atom. The van der Waals surface area contributed by atoms with Crippen molar-refractivity contribution in [3.8, 4) is 0 Å². The van der Waals surface area contributed by atoms with Crippen molar-refractivity contribution < 1.29 is 14.7 Å². The maximum absolute atomic E-state index is 12.2. The zero-order chi connectivity index (χ0) is 13.9. The van der Waals surface area contributed by atoms with Gasteiger partial charge in [0.2, 0.25) is 5.91 Å². The van der Waals surface area contributed by atoms with Crippen LogP contribution < -0.4 is 0 Å². The van der Waals surface area contributed by atoms with Gasteiger partial charge in [0.15, 0.2) is 0 Å². The highest BCUT2D eigenvalue weighted by atomic mass is 16.4. The second-order valence-corrected chi connectivity index (χ2v) is 5.79. The fourth-order valence-electron chi connectivity index (χ4n) is 3.12. The normalized spacial score (nSPS) is 25.5. The monoisotopic (exact) mass is 265 g/mol. The summed E-state index contributed by atoms with van der Waals surface area (Å²) in [5, 5.41) is 9.33. The van der Waals surface area contributed by atoms with Crippen LogP contribution >= 0.6 is 0 Å². The number of amides is 1. The Kier molecular flexibility index (Phi) is 4.27. The molecule has 0 saturated carbocycles. The van der Waals surface area contributed by atoms with Gasteiger partial charge in [-0.15, -0.1) is 0 Å². The molecule has 2 aliphatic rings. The minimum absolute atomic E-state index is 0.187. The molecule has 1 atom stereocenters. The van der Waals surface area contributed by atoms with Gasteiger partial charge in [-0.25, -0.2) is 0 Å². The Labute approximate surface area is 114 Å². The number of rotatable bonds is 4. The van der Waals surface area contributed by atoms with Crippen molar-refractivity contribution in [1.82, 2.24) is 4.90 Å². The van der Waals surface area contributed by atoms with Gasteiger partial charge in [-0.3, -0.25) is 9.59 Å². The van der Waals surface area contributed by atoms with E-state index >= 15 is 0 Å². The number of carbonyl (C=O) groups excluding carboxylic acids is 1. The first-order chi connectivity index (χ1) is 9.07. The number of carboxylic acid groups (broad SMARTS) is 1. The summed E-state index contributed by atoms with van der Waals surface area (Å²) in [7, 11) is 0. The van der Waals surface area contributed by atoms with Crippen LogP contribution in [0.3, 0.4) is 0 Å². The smallest absolute Gasteiger partial charge is 0.309 e. The lowest BCUT2D eigenvalue weighted by Crippen LogP contribution is -2.46. The molecular weight excluding hydrogens is 242 g/mol. The molecule has 0 radical (unpaired) electrons. The van der Waals surface area contributed by atoms with Gasteiger partial charge < -0.3 is 10.0 Å². The first-order valence-corrected chi connectivity index (χ1v) is 7.25. The number of nitrogens with zero attached hydrogens (tertiary/aromatic N) is 1. The van der Waals surface area contributed by atoms with Crippen molar-refractivity contribution in [2.24, 2.45) is 11.3 Å².